The van der Waals surface area contributed by atoms with E-state index < -0.39 is 48.0 Å². The van der Waals surface area contributed by atoms with Crippen LogP contribution < -0.4 is 5.43 Å². The van der Waals surface area contributed by atoms with E-state index in [1.807, 2.05) is 6.07 Å². The molecule has 18 heteroatoms. The molecule has 1 aromatic carbocycles. The summed E-state index contributed by atoms with van der Waals surface area (Å²) in [5.41, 5.74) is 3.18. The average molecular weight is 824 g/mol. The largest absolute Gasteiger partial charge is 0.480 e. The molecule has 1 aliphatic heterocycles. The number of ether oxygens (including phenoxy) is 1. The van der Waals surface area contributed by atoms with E-state index in [4.69, 9.17) is 4.74 Å². The molecule has 0 aromatic heterocycles. The fourth-order valence-electron chi connectivity index (χ4n) is 5.09. The van der Waals surface area contributed by atoms with Gasteiger partial charge in [0.05, 0.1) is 19.6 Å². The molecule has 0 spiro atoms. The third-order valence-electron chi connectivity index (χ3n) is 7.52. The first-order valence-electron chi connectivity index (χ1n) is 15.3. The Morgan fingerprint density at radius 2 is 1.19 bits per heavy atom. The first-order chi connectivity index (χ1) is 22.2. The molecule has 270 valence electrons. The van der Waals surface area contributed by atoms with Crippen LogP contribution in [0.25, 0.3) is 0 Å². The molecule has 1 fully saturated rings. The number of rotatable bonds is 14. The van der Waals surface area contributed by atoms with Crippen molar-refractivity contribution in [2.45, 2.75) is 45.4 Å². The van der Waals surface area contributed by atoms with Crippen LogP contribution in [-0.2, 0) is 35.3 Å². The average Bonchev–Trinajstić information content (AvgIpc) is 2.99. The number of benzene rings is 1. The molecule has 2 amide bonds. The summed E-state index contributed by atoms with van der Waals surface area (Å²) in [6.45, 7) is 3.46. The Labute approximate surface area is 311 Å². The van der Waals surface area contributed by atoms with Gasteiger partial charge in [0.25, 0.3) is 0 Å². The van der Waals surface area contributed by atoms with Crippen molar-refractivity contribution in [1.29, 1.82) is 0 Å². The Morgan fingerprint density at radius 3 is 1.58 bits per heavy atom. The maximum atomic E-state index is 13.2. The van der Waals surface area contributed by atoms with Crippen molar-refractivity contribution in [2.75, 3.05) is 72.0 Å². The molecular formula is C30H46GdN6O11. The van der Waals surface area contributed by atoms with Crippen LogP contribution >= 0.6 is 0 Å². The minimum atomic E-state index is -1.22. The number of hydrazine groups is 1. The molecule has 1 aliphatic rings. The molecule has 5 N–H and O–H groups in total. The molecule has 1 aromatic rings. The number of aliphatic carboxylic acids is 4. The second kappa shape index (κ2) is 22.6. The molecule has 0 aliphatic carbocycles. The van der Waals surface area contributed by atoms with Crippen molar-refractivity contribution in [1.82, 2.24) is 30.0 Å². The fourth-order valence-corrected chi connectivity index (χ4v) is 5.09. The summed E-state index contributed by atoms with van der Waals surface area (Å²) in [7, 11) is 0. The zero-order chi connectivity index (χ0) is 34.9. The standard InChI is InChI=1S/C30H46N6O11.Gd/c1-22(2)36(31-30(46)47-21-23-6-4-3-5-7-23)25(37)9-8-24(29(44)45)35-16-14-33(19-27(40)41)12-10-32(18-26(38)39)11-13-34(15-17-35)20-28(42)43;/h3-7,22,24H,8-21H2,1-2H3,(H,31,46)(H,38,39)(H,40,41)(H,42,43)(H,44,45);. The molecule has 17 nitrogen and oxygen atoms in total. The molecular weight excluding hydrogens is 778 g/mol. The maximum absolute atomic E-state index is 13.2. The number of nitrogens with zero attached hydrogens (tertiary/aromatic N) is 5. The number of hydrogen-bond acceptors (Lipinski definition) is 11. The van der Waals surface area contributed by atoms with Crippen molar-refractivity contribution >= 4 is 35.9 Å². The Kier molecular flexibility index (Phi) is 20.3. The molecule has 0 bridgehead atoms. The van der Waals surface area contributed by atoms with Gasteiger partial charge in [-0.2, -0.15) is 0 Å². The van der Waals surface area contributed by atoms with E-state index in [1.54, 1.807) is 57.7 Å². The van der Waals surface area contributed by atoms with Gasteiger partial charge in [-0.15, -0.1) is 0 Å². The van der Waals surface area contributed by atoms with Crippen LogP contribution in [0.5, 0.6) is 0 Å². The number of amides is 2. The number of hydrogen-bond donors (Lipinski definition) is 5. The number of nitrogens with one attached hydrogen (secondary N) is 1. The van der Waals surface area contributed by atoms with E-state index in [1.165, 1.54) is 0 Å². The van der Waals surface area contributed by atoms with E-state index in [-0.39, 0.29) is 131 Å². The van der Waals surface area contributed by atoms with Crippen LogP contribution in [0.1, 0.15) is 32.3 Å². The summed E-state index contributed by atoms with van der Waals surface area (Å²) < 4.78 is 5.21. The summed E-state index contributed by atoms with van der Waals surface area (Å²) in [5, 5.41) is 39.5. The molecule has 0 radical (unpaired) electrons. The number of carboxylic acids is 4. The van der Waals surface area contributed by atoms with Gasteiger partial charge < -0.3 is 25.2 Å². The van der Waals surface area contributed by atoms with Gasteiger partial charge in [0.1, 0.15) is 12.6 Å². The predicted molar refractivity (Wildman–Crippen MR) is 166 cm³/mol. The Bertz CT molecular complexity index is 1180. The molecule has 0 saturated carbocycles. The van der Waals surface area contributed by atoms with Crippen molar-refractivity contribution in [3.05, 3.63) is 35.9 Å². The van der Waals surface area contributed by atoms with Crippen molar-refractivity contribution in [3.8, 4) is 0 Å². The molecule has 1 saturated heterocycles. The molecule has 1 atom stereocenters. The van der Waals surface area contributed by atoms with E-state index in [2.05, 4.69) is 5.43 Å². The normalized spacial score (nSPS) is 16.4. The van der Waals surface area contributed by atoms with Crippen LogP contribution in [0.3, 0.4) is 0 Å². The van der Waals surface area contributed by atoms with Crippen LogP contribution in [-0.4, -0.2) is 165 Å². The van der Waals surface area contributed by atoms with Gasteiger partial charge in [0.15, 0.2) is 0 Å². The summed E-state index contributed by atoms with van der Waals surface area (Å²) in [4.78, 5) is 79.0. The van der Waals surface area contributed by atoms with Gasteiger partial charge in [0.2, 0.25) is 5.91 Å². The van der Waals surface area contributed by atoms with E-state index in [0.29, 0.717) is 0 Å². The summed E-state index contributed by atoms with van der Waals surface area (Å²) in [6.07, 6.45) is -1.26. The van der Waals surface area contributed by atoms with Crippen LogP contribution in [0, 0.1) is 39.9 Å². The van der Waals surface area contributed by atoms with Crippen molar-refractivity contribution in [3.63, 3.8) is 0 Å². The predicted octanol–water partition coefficient (Wildman–Crippen LogP) is -0.226. The third kappa shape index (κ3) is 16.9. The minimum Gasteiger partial charge on any atom is -0.480 e. The van der Waals surface area contributed by atoms with Gasteiger partial charge in [-0.3, -0.25) is 43.6 Å². The minimum absolute atomic E-state index is 0. The Hall–Kier alpha value is -3.00. The molecule has 1 heterocycles. The number of carbonyl (C=O) groups excluding carboxylic acids is 2. The topological polar surface area (TPSA) is 221 Å². The third-order valence-corrected chi connectivity index (χ3v) is 7.52. The monoisotopic (exact) mass is 824 g/mol. The van der Waals surface area contributed by atoms with E-state index >= 15 is 0 Å². The first-order valence-corrected chi connectivity index (χ1v) is 15.3. The SMILES string of the molecule is CC(C)N(NC(=O)OCc1ccccc1)C(=O)CCC(C(=O)O)N1CCN(CC(=O)O)CCN(CC(=O)O)CCN(CC(=O)O)CC1.[Gd]. The van der Waals surface area contributed by atoms with Gasteiger partial charge in [0, 0.05) is 105 Å². The first kappa shape index (κ1) is 43.0. The van der Waals surface area contributed by atoms with Crippen molar-refractivity contribution < 1.29 is 93.9 Å². The molecule has 48 heavy (non-hydrogen) atoms. The molecule has 1 unspecified atom stereocenters. The Morgan fingerprint density at radius 1 is 0.750 bits per heavy atom. The number of carbonyl (C=O) groups is 6. The van der Waals surface area contributed by atoms with Crippen LogP contribution in [0.2, 0.25) is 0 Å². The van der Waals surface area contributed by atoms with E-state index in [9.17, 15) is 49.2 Å². The number of carboxylic acid groups (broad SMARTS) is 4. The van der Waals surface area contributed by atoms with Crippen LogP contribution in [0.4, 0.5) is 4.79 Å². The second-order valence-corrected chi connectivity index (χ2v) is 11.5. The van der Waals surface area contributed by atoms with Gasteiger partial charge in [-0.25, -0.2) is 15.2 Å². The van der Waals surface area contributed by atoms with Gasteiger partial charge >= 0.3 is 30.0 Å². The zero-order valence-electron chi connectivity index (χ0n) is 27.2. The van der Waals surface area contributed by atoms with Crippen LogP contribution in [0.15, 0.2) is 30.3 Å². The zero-order valence-corrected chi connectivity index (χ0v) is 29.4. The smallest absolute Gasteiger partial charge is 0.426 e. The summed E-state index contributed by atoms with van der Waals surface area (Å²) in [5.74, 6) is -5.06. The van der Waals surface area contributed by atoms with Gasteiger partial charge in [-0.1, -0.05) is 30.3 Å². The quantitative estimate of drug-likeness (QED) is 0.153. The summed E-state index contributed by atoms with van der Waals surface area (Å²) in [6, 6.07) is 7.29. The summed E-state index contributed by atoms with van der Waals surface area (Å²) >= 11 is 0. The fraction of sp³-hybridized carbons (Fsp3) is 0.600. The van der Waals surface area contributed by atoms with Crippen molar-refractivity contribution in [2.24, 2.45) is 0 Å². The molecule has 2 rings (SSSR count). The Balaban J connectivity index is 0.0000115. The maximum Gasteiger partial charge on any atom is 0.426 e. The second-order valence-electron chi connectivity index (χ2n) is 11.5. The van der Waals surface area contributed by atoms with Gasteiger partial charge in [-0.05, 0) is 25.8 Å². The van der Waals surface area contributed by atoms with E-state index in [0.717, 1.165) is 10.6 Å².